The first-order chi connectivity index (χ1) is 13.5. The molecule has 0 radical (unpaired) electrons. The van der Waals surface area contributed by atoms with Gasteiger partial charge in [0.25, 0.3) is 0 Å². The first-order valence-electron chi connectivity index (χ1n) is 10.4. The number of carbonyl (C=O) groups excluding carboxylic acids is 1. The number of carbonyl (C=O) groups is 1. The zero-order valence-corrected chi connectivity index (χ0v) is 20.5. The summed E-state index contributed by atoms with van der Waals surface area (Å²) in [6.45, 7) is 7.57. The van der Waals surface area contributed by atoms with Crippen LogP contribution >= 0.6 is 15.6 Å². The molecule has 0 unspecified atom stereocenters. The second-order valence-corrected chi connectivity index (χ2v) is 12.0. The highest BCUT2D eigenvalue weighted by Gasteiger charge is 2.24. The Labute approximate surface area is 180 Å². The Bertz CT molecular complexity index is 593. The number of phosphoric ester groups is 2. The Hall–Kier alpha value is -0.110. The minimum absolute atomic E-state index is 0.0119. The number of unbranched alkanes of at least 4 members (excludes halogenated alkanes) is 4. The van der Waals surface area contributed by atoms with E-state index in [2.05, 4.69) is 9.05 Å². The molecule has 0 rings (SSSR count). The quantitative estimate of drug-likeness (QED) is 0.163. The maximum Gasteiger partial charge on any atom is 0.469 e. The molecule has 180 valence electrons. The van der Waals surface area contributed by atoms with E-state index < -0.39 is 15.6 Å². The summed E-state index contributed by atoms with van der Waals surface area (Å²) in [5.74, 6) is 0.231. The zero-order valence-electron chi connectivity index (χ0n) is 18.7. The van der Waals surface area contributed by atoms with Gasteiger partial charge in [0.05, 0.1) is 13.2 Å². The fourth-order valence-corrected chi connectivity index (χ4v) is 4.03. The highest BCUT2D eigenvalue weighted by atomic mass is 31.2. The lowest BCUT2D eigenvalue weighted by Crippen LogP contribution is -2.18. The molecule has 0 heterocycles. The van der Waals surface area contributed by atoms with Gasteiger partial charge in [-0.2, -0.15) is 0 Å². The van der Waals surface area contributed by atoms with E-state index in [4.69, 9.17) is 19.6 Å². The van der Waals surface area contributed by atoms with E-state index >= 15 is 0 Å². The summed E-state index contributed by atoms with van der Waals surface area (Å²) in [4.78, 5) is 47.0. The van der Waals surface area contributed by atoms with Crippen molar-refractivity contribution in [2.75, 3.05) is 13.2 Å². The Morgan fingerprint density at radius 3 is 1.40 bits per heavy atom. The second-order valence-electron chi connectivity index (χ2n) is 9.52. The maximum atomic E-state index is 12.0. The minimum Gasteiger partial charge on any atom is -0.303 e. The summed E-state index contributed by atoms with van der Waals surface area (Å²) in [5.41, 5.74) is -0.657. The molecule has 30 heavy (non-hydrogen) atoms. The van der Waals surface area contributed by atoms with Crippen molar-refractivity contribution in [3.63, 3.8) is 0 Å². The highest BCUT2D eigenvalue weighted by molar-refractivity contribution is 7.46. The topological polar surface area (TPSA) is 151 Å². The largest absolute Gasteiger partial charge is 0.469 e. The van der Waals surface area contributed by atoms with Crippen LogP contribution in [0, 0.1) is 10.8 Å². The average molecular weight is 474 g/mol. The third-order valence-corrected chi connectivity index (χ3v) is 5.80. The van der Waals surface area contributed by atoms with Crippen LogP contribution in [0.4, 0.5) is 0 Å². The van der Waals surface area contributed by atoms with Crippen LogP contribution in [0.3, 0.4) is 0 Å². The maximum absolute atomic E-state index is 12.0. The van der Waals surface area contributed by atoms with Crippen molar-refractivity contribution in [2.45, 2.75) is 91.9 Å². The van der Waals surface area contributed by atoms with Crippen LogP contribution in [0.2, 0.25) is 0 Å². The fourth-order valence-electron chi connectivity index (χ4n) is 2.99. The summed E-state index contributed by atoms with van der Waals surface area (Å²) < 4.78 is 30.7. The molecule has 0 aromatic heterocycles. The van der Waals surface area contributed by atoms with Gasteiger partial charge >= 0.3 is 15.6 Å². The molecule has 0 fully saturated rings. The van der Waals surface area contributed by atoms with Gasteiger partial charge < -0.3 is 19.6 Å². The normalized spacial score (nSPS) is 13.6. The molecule has 0 bridgehead atoms. The van der Waals surface area contributed by atoms with E-state index in [1.54, 1.807) is 0 Å². The molecule has 9 nitrogen and oxygen atoms in total. The Kier molecular flexibility index (Phi) is 13.4. The average Bonchev–Trinajstić information content (AvgIpc) is 2.57. The van der Waals surface area contributed by atoms with Crippen LogP contribution in [0.15, 0.2) is 0 Å². The van der Waals surface area contributed by atoms with E-state index in [1.807, 2.05) is 27.7 Å². The molecule has 0 saturated carbocycles. The van der Waals surface area contributed by atoms with Crippen molar-refractivity contribution in [3.05, 3.63) is 0 Å². The molecule has 11 heteroatoms. The molecular weight excluding hydrogens is 434 g/mol. The molecule has 0 aliphatic rings. The van der Waals surface area contributed by atoms with E-state index in [0.717, 1.165) is 51.4 Å². The molecule has 0 aromatic rings. The van der Waals surface area contributed by atoms with Crippen molar-refractivity contribution >= 4 is 21.4 Å². The molecule has 0 aliphatic carbocycles. The monoisotopic (exact) mass is 474 g/mol. The third kappa shape index (κ3) is 19.8. The molecule has 0 aliphatic heterocycles. The van der Waals surface area contributed by atoms with Crippen molar-refractivity contribution < 1.29 is 42.5 Å². The van der Waals surface area contributed by atoms with Crippen molar-refractivity contribution in [1.82, 2.24) is 0 Å². The van der Waals surface area contributed by atoms with Gasteiger partial charge in [0.1, 0.15) is 5.78 Å². The summed E-state index contributed by atoms with van der Waals surface area (Å²) in [6, 6.07) is 0. The van der Waals surface area contributed by atoms with Crippen LogP contribution in [-0.4, -0.2) is 38.6 Å². The first-order valence-corrected chi connectivity index (χ1v) is 13.5. The SMILES string of the molecule is CC(C)(CCCCCCC(=O)CCCCC(C)(C)COP(=O)(O)O)COP(=O)(O)O. The Morgan fingerprint density at radius 1 is 0.667 bits per heavy atom. The first kappa shape index (κ1) is 29.9. The molecule has 0 spiro atoms. The van der Waals surface area contributed by atoms with Gasteiger partial charge in [-0.05, 0) is 36.5 Å². The fraction of sp³-hybridized carbons (Fsp3) is 0.947. The molecule has 4 N–H and O–H groups in total. The van der Waals surface area contributed by atoms with Crippen LogP contribution in [0.1, 0.15) is 91.9 Å². The van der Waals surface area contributed by atoms with Gasteiger partial charge in [0.2, 0.25) is 0 Å². The summed E-state index contributed by atoms with van der Waals surface area (Å²) in [5, 5.41) is 0. The zero-order chi connectivity index (χ0) is 23.5. The van der Waals surface area contributed by atoms with Crippen molar-refractivity contribution in [1.29, 1.82) is 0 Å². The van der Waals surface area contributed by atoms with Gasteiger partial charge in [-0.15, -0.1) is 0 Å². The Balaban J connectivity index is 3.77. The lowest BCUT2D eigenvalue weighted by Gasteiger charge is -2.24. The summed E-state index contributed by atoms with van der Waals surface area (Å²) >= 11 is 0. The van der Waals surface area contributed by atoms with Crippen LogP contribution in [0.25, 0.3) is 0 Å². The molecule has 0 saturated heterocycles. The predicted octanol–water partition coefficient (Wildman–Crippen LogP) is 4.73. The third-order valence-electron chi connectivity index (χ3n) is 4.87. The summed E-state index contributed by atoms with van der Waals surface area (Å²) in [6.07, 6.45) is 7.79. The van der Waals surface area contributed by atoms with E-state index in [9.17, 15) is 13.9 Å². The van der Waals surface area contributed by atoms with Crippen LogP contribution < -0.4 is 0 Å². The number of ketones is 1. The van der Waals surface area contributed by atoms with Crippen molar-refractivity contribution in [2.24, 2.45) is 10.8 Å². The molecular formula is C19H40O9P2. The van der Waals surface area contributed by atoms with Crippen LogP contribution in [-0.2, 0) is 23.0 Å². The standard InChI is InChI=1S/C19H40O9P2/c1-18(2,15-27-29(21,22)23)13-9-6-5-7-11-17(20)12-8-10-14-19(3,4)16-28-30(24,25)26/h5-16H2,1-4H3,(H2,21,22,23)(H2,24,25,26). The van der Waals surface area contributed by atoms with Gasteiger partial charge in [-0.3, -0.25) is 13.8 Å². The van der Waals surface area contributed by atoms with E-state index in [1.165, 1.54) is 0 Å². The Morgan fingerprint density at radius 2 is 1.00 bits per heavy atom. The number of hydrogen-bond donors (Lipinski definition) is 4. The molecule has 0 aromatic carbocycles. The number of rotatable bonds is 18. The predicted molar refractivity (Wildman–Crippen MR) is 115 cm³/mol. The van der Waals surface area contributed by atoms with Gasteiger partial charge in [-0.1, -0.05) is 53.4 Å². The lowest BCUT2D eigenvalue weighted by atomic mass is 9.87. The number of Topliss-reactive ketones (excluding diaryl/α,β-unsaturated/α-hetero) is 1. The number of hydrogen-bond acceptors (Lipinski definition) is 5. The second kappa shape index (κ2) is 13.4. The van der Waals surface area contributed by atoms with Gasteiger partial charge in [0, 0.05) is 12.8 Å². The van der Waals surface area contributed by atoms with E-state index in [0.29, 0.717) is 12.8 Å². The van der Waals surface area contributed by atoms with Crippen LogP contribution in [0.5, 0.6) is 0 Å². The van der Waals surface area contributed by atoms with Gasteiger partial charge in [0.15, 0.2) is 0 Å². The summed E-state index contributed by atoms with van der Waals surface area (Å²) in [7, 11) is -8.88. The minimum atomic E-state index is -4.45. The smallest absolute Gasteiger partial charge is 0.303 e. The lowest BCUT2D eigenvalue weighted by molar-refractivity contribution is -0.119. The van der Waals surface area contributed by atoms with Gasteiger partial charge in [-0.25, -0.2) is 9.13 Å². The number of phosphoric acid groups is 2. The highest BCUT2D eigenvalue weighted by Crippen LogP contribution is 2.40. The van der Waals surface area contributed by atoms with Crippen molar-refractivity contribution in [3.8, 4) is 0 Å². The molecule has 0 amide bonds. The van der Waals surface area contributed by atoms with E-state index in [-0.39, 0.29) is 29.8 Å². The molecule has 0 atom stereocenters.